The van der Waals surface area contributed by atoms with Crippen LogP contribution >= 0.6 is 23.2 Å². The number of anilines is 1. The maximum atomic E-state index is 11.4. The van der Waals surface area contributed by atoms with E-state index in [1.807, 2.05) is 18.2 Å². The molecule has 0 spiro atoms. The Kier molecular flexibility index (Phi) is 4.71. The highest BCUT2D eigenvalue weighted by Crippen LogP contribution is 2.23. The normalized spacial score (nSPS) is 16.0. The van der Waals surface area contributed by atoms with Crippen molar-refractivity contribution in [2.75, 3.05) is 31.1 Å². The number of hydrogen-bond acceptors (Lipinski definition) is 3. The number of aromatic nitrogens is 1. The van der Waals surface area contributed by atoms with E-state index in [4.69, 9.17) is 23.2 Å². The van der Waals surface area contributed by atoms with Gasteiger partial charge in [-0.1, -0.05) is 35.3 Å². The summed E-state index contributed by atoms with van der Waals surface area (Å²) in [5, 5.41) is 1.37. The monoisotopic (exact) mass is 337 g/mol. The molecule has 0 atom stereocenters. The van der Waals surface area contributed by atoms with Gasteiger partial charge >= 0.3 is 0 Å². The van der Waals surface area contributed by atoms with E-state index in [0.29, 0.717) is 10.0 Å². The maximum Gasteiger partial charge on any atom is 0.249 e. The number of benzene rings is 1. The molecule has 116 valence electrons. The average Bonchev–Trinajstić information content (AvgIpc) is 2.51. The Bertz CT molecular complexity index is 709. The molecular formula is C16H17Cl2N3O. The molecule has 0 aliphatic carbocycles. The number of aromatic amines is 1. The van der Waals surface area contributed by atoms with Crippen LogP contribution in [-0.2, 0) is 6.54 Å². The number of pyridine rings is 1. The van der Waals surface area contributed by atoms with Crippen molar-refractivity contribution in [3.63, 3.8) is 0 Å². The third-order valence-corrected chi connectivity index (χ3v) is 4.46. The van der Waals surface area contributed by atoms with Crippen molar-refractivity contribution in [3.05, 3.63) is 62.4 Å². The van der Waals surface area contributed by atoms with E-state index in [1.54, 1.807) is 12.1 Å². The summed E-state index contributed by atoms with van der Waals surface area (Å²) in [4.78, 5) is 18.8. The molecule has 22 heavy (non-hydrogen) atoms. The number of piperazine rings is 1. The summed E-state index contributed by atoms with van der Waals surface area (Å²) in [5.74, 6) is 0.886. The topological polar surface area (TPSA) is 39.3 Å². The molecule has 1 saturated heterocycles. The Hall–Kier alpha value is -1.49. The van der Waals surface area contributed by atoms with Gasteiger partial charge in [-0.3, -0.25) is 9.69 Å². The fourth-order valence-electron chi connectivity index (χ4n) is 2.66. The van der Waals surface area contributed by atoms with Crippen LogP contribution in [-0.4, -0.2) is 36.1 Å². The molecule has 3 rings (SSSR count). The van der Waals surface area contributed by atoms with Gasteiger partial charge in [0, 0.05) is 48.8 Å². The highest BCUT2D eigenvalue weighted by atomic mass is 35.5. The van der Waals surface area contributed by atoms with Crippen LogP contribution in [0.3, 0.4) is 0 Å². The Morgan fingerprint density at radius 3 is 2.50 bits per heavy atom. The van der Waals surface area contributed by atoms with Crippen LogP contribution in [0.2, 0.25) is 10.0 Å². The fourth-order valence-corrected chi connectivity index (χ4v) is 3.13. The summed E-state index contributed by atoms with van der Waals surface area (Å²) in [6, 6.07) is 10.9. The average molecular weight is 338 g/mol. The standard InChI is InChI=1S/C16H17Cl2N3O/c17-13-5-4-12(14(18)10-13)11-20-6-8-21(9-7-20)15-2-1-3-16(22)19-15/h1-5,10H,6-9,11H2,(H,19,22). The minimum absolute atomic E-state index is 0.0622. The number of nitrogens with one attached hydrogen (secondary N) is 1. The molecule has 1 fully saturated rings. The molecule has 0 bridgehead atoms. The van der Waals surface area contributed by atoms with Gasteiger partial charge in [-0.25, -0.2) is 0 Å². The Morgan fingerprint density at radius 1 is 1.05 bits per heavy atom. The molecule has 0 unspecified atom stereocenters. The van der Waals surface area contributed by atoms with E-state index in [-0.39, 0.29) is 5.56 Å². The second-order valence-electron chi connectivity index (χ2n) is 5.40. The van der Waals surface area contributed by atoms with E-state index in [1.165, 1.54) is 6.07 Å². The smallest absolute Gasteiger partial charge is 0.249 e. The fraction of sp³-hybridized carbons (Fsp3) is 0.312. The maximum absolute atomic E-state index is 11.4. The van der Waals surface area contributed by atoms with Crippen molar-refractivity contribution in [1.82, 2.24) is 9.88 Å². The first-order valence-electron chi connectivity index (χ1n) is 7.22. The minimum atomic E-state index is -0.0622. The summed E-state index contributed by atoms with van der Waals surface area (Å²) in [7, 11) is 0. The van der Waals surface area contributed by atoms with Crippen LogP contribution in [0, 0.1) is 0 Å². The van der Waals surface area contributed by atoms with E-state index in [0.717, 1.165) is 44.1 Å². The van der Waals surface area contributed by atoms with Crippen molar-refractivity contribution in [3.8, 4) is 0 Å². The van der Waals surface area contributed by atoms with Crippen molar-refractivity contribution in [1.29, 1.82) is 0 Å². The molecule has 4 nitrogen and oxygen atoms in total. The van der Waals surface area contributed by atoms with E-state index in [9.17, 15) is 4.79 Å². The SMILES string of the molecule is O=c1cccc(N2CCN(Cc3ccc(Cl)cc3Cl)CC2)[nH]1. The van der Waals surface area contributed by atoms with Gasteiger partial charge in [0.05, 0.1) is 0 Å². The summed E-state index contributed by atoms with van der Waals surface area (Å²) in [6.07, 6.45) is 0. The highest BCUT2D eigenvalue weighted by Gasteiger charge is 2.18. The second-order valence-corrected chi connectivity index (χ2v) is 6.24. The lowest BCUT2D eigenvalue weighted by molar-refractivity contribution is 0.249. The van der Waals surface area contributed by atoms with Crippen LogP contribution in [0.4, 0.5) is 5.82 Å². The molecule has 6 heteroatoms. The van der Waals surface area contributed by atoms with Gasteiger partial charge in [0.2, 0.25) is 5.56 Å². The highest BCUT2D eigenvalue weighted by molar-refractivity contribution is 6.35. The zero-order valence-corrected chi connectivity index (χ0v) is 13.6. The molecule has 0 amide bonds. The van der Waals surface area contributed by atoms with Crippen molar-refractivity contribution in [2.24, 2.45) is 0 Å². The first-order chi connectivity index (χ1) is 10.6. The van der Waals surface area contributed by atoms with Crippen LogP contribution in [0.15, 0.2) is 41.2 Å². The quantitative estimate of drug-likeness (QED) is 0.935. The van der Waals surface area contributed by atoms with Gasteiger partial charge < -0.3 is 9.88 Å². The molecule has 0 radical (unpaired) electrons. The summed E-state index contributed by atoms with van der Waals surface area (Å²) in [5.41, 5.74) is 1.03. The van der Waals surface area contributed by atoms with Crippen molar-refractivity contribution in [2.45, 2.75) is 6.54 Å². The lowest BCUT2D eigenvalue weighted by Crippen LogP contribution is -2.46. The second kappa shape index (κ2) is 6.73. The number of halogens is 2. The van der Waals surface area contributed by atoms with E-state index in [2.05, 4.69) is 14.8 Å². The molecule has 0 saturated carbocycles. The molecule has 2 aromatic rings. The van der Waals surface area contributed by atoms with Gasteiger partial charge in [-0.2, -0.15) is 0 Å². The van der Waals surface area contributed by atoms with Crippen LogP contribution in [0.25, 0.3) is 0 Å². The summed E-state index contributed by atoms with van der Waals surface area (Å²) >= 11 is 12.2. The molecule has 1 aromatic heterocycles. The molecular weight excluding hydrogens is 321 g/mol. The first kappa shape index (κ1) is 15.4. The van der Waals surface area contributed by atoms with Gasteiger partial charge in [-0.15, -0.1) is 0 Å². The Balaban J connectivity index is 1.61. The van der Waals surface area contributed by atoms with Crippen molar-refractivity contribution < 1.29 is 0 Å². The number of rotatable bonds is 3. The van der Waals surface area contributed by atoms with Gasteiger partial charge in [-0.05, 0) is 23.8 Å². The molecule has 1 aliphatic heterocycles. The Morgan fingerprint density at radius 2 is 1.82 bits per heavy atom. The van der Waals surface area contributed by atoms with Crippen LogP contribution in [0.1, 0.15) is 5.56 Å². The predicted octanol–water partition coefficient (Wildman–Crippen LogP) is 3.00. The predicted molar refractivity (Wildman–Crippen MR) is 91.0 cm³/mol. The van der Waals surface area contributed by atoms with Gasteiger partial charge in [0.25, 0.3) is 0 Å². The van der Waals surface area contributed by atoms with Crippen LogP contribution in [0.5, 0.6) is 0 Å². The van der Waals surface area contributed by atoms with E-state index < -0.39 is 0 Å². The Labute approximate surface area is 139 Å². The van der Waals surface area contributed by atoms with Crippen LogP contribution < -0.4 is 10.5 Å². The number of hydrogen-bond donors (Lipinski definition) is 1. The van der Waals surface area contributed by atoms with Gasteiger partial charge in [0.1, 0.15) is 5.82 Å². The molecule has 2 heterocycles. The number of nitrogens with zero attached hydrogens (tertiary/aromatic N) is 2. The lowest BCUT2D eigenvalue weighted by atomic mass is 10.2. The van der Waals surface area contributed by atoms with Gasteiger partial charge in [0.15, 0.2) is 0 Å². The minimum Gasteiger partial charge on any atom is -0.356 e. The largest absolute Gasteiger partial charge is 0.356 e. The third kappa shape index (κ3) is 3.64. The summed E-state index contributed by atoms with van der Waals surface area (Å²) < 4.78 is 0. The van der Waals surface area contributed by atoms with E-state index >= 15 is 0 Å². The first-order valence-corrected chi connectivity index (χ1v) is 7.98. The molecule has 1 aromatic carbocycles. The van der Waals surface area contributed by atoms with Crippen molar-refractivity contribution >= 4 is 29.0 Å². The number of H-pyrrole nitrogens is 1. The lowest BCUT2D eigenvalue weighted by Gasteiger charge is -2.35. The zero-order chi connectivity index (χ0) is 15.5. The summed E-state index contributed by atoms with van der Waals surface area (Å²) in [6.45, 7) is 4.43. The molecule has 1 aliphatic rings. The third-order valence-electron chi connectivity index (χ3n) is 3.88. The zero-order valence-electron chi connectivity index (χ0n) is 12.1. The molecule has 1 N–H and O–H groups in total.